The van der Waals surface area contributed by atoms with E-state index in [0.29, 0.717) is 13.0 Å². The van der Waals surface area contributed by atoms with Crippen molar-refractivity contribution >= 4 is 12.0 Å². The topological polar surface area (TPSA) is 87.7 Å². The summed E-state index contributed by atoms with van der Waals surface area (Å²) in [7, 11) is 0. The maximum Gasteiger partial charge on any atom is 0.315 e. The fourth-order valence-electron chi connectivity index (χ4n) is 2.89. The molecule has 3 atom stereocenters. The summed E-state index contributed by atoms with van der Waals surface area (Å²) >= 11 is 0. The van der Waals surface area contributed by atoms with Crippen LogP contribution in [-0.4, -0.2) is 41.9 Å². The summed E-state index contributed by atoms with van der Waals surface area (Å²) in [5.41, 5.74) is -0.279. The maximum atomic E-state index is 11.8. The van der Waals surface area contributed by atoms with Crippen LogP contribution in [0.2, 0.25) is 0 Å². The minimum atomic E-state index is -0.825. The lowest BCUT2D eigenvalue weighted by Gasteiger charge is -2.24. The molecule has 0 bridgehead atoms. The zero-order chi connectivity index (χ0) is 13.9. The summed E-state index contributed by atoms with van der Waals surface area (Å²) in [6.07, 6.45) is 4.18. The highest BCUT2D eigenvalue weighted by Crippen LogP contribution is 2.26. The van der Waals surface area contributed by atoms with Gasteiger partial charge in [0.1, 0.15) is 0 Å². The van der Waals surface area contributed by atoms with Gasteiger partial charge in [-0.25, -0.2) is 4.79 Å². The number of aliphatic carboxylic acids is 1. The molecule has 1 aliphatic heterocycles. The first-order valence-electron chi connectivity index (χ1n) is 6.91. The van der Waals surface area contributed by atoms with Crippen LogP contribution in [0.25, 0.3) is 0 Å². The minimum Gasteiger partial charge on any atom is -0.481 e. The van der Waals surface area contributed by atoms with E-state index in [1.54, 1.807) is 0 Å². The van der Waals surface area contributed by atoms with Gasteiger partial charge in [-0.05, 0) is 32.6 Å². The molecule has 1 aliphatic carbocycles. The SMILES string of the molecule is CC1(CNC(=O)NC2CCCC2C(=O)O)CCCO1. The molecule has 2 rings (SSSR count). The number of urea groups is 1. The minimum absolute atomic E-state index is 0.255. The van der Waals surface area contributed by atoms with Crippen LogP contribution in [0.4, 0.5) is 4.79 Å². The number of hydrogen-bond acceptors (Lipinski definition) is 3. The Kier molecular flexibility index (Phi) is 4.29. The summed E-state index contributed by atoms with van der Waals surface area (Å²) in [6.45, 7) is 3.18. The summed E-state index contributed by atoms with van der Waals surface area (Å²) < 4.78 is 5.58. The Morgan fingerprint density at radius 2 is 2.16 bits per heavy atom. The highest BCUT2D eigenvalue weighted by atomic mass is 16.5. The van der Waals surface area contributed by atoms with E-state index in [4.69, 9.17) is 9.84 Å². The van der Waals surface area contributed by atoms with E-state index in [1.165, 1.54) is 0 Å². The molecule has 108 valence electrons. The van der Waals surface area contributed by atoms with Crippen molar-refractivity contribution in [2.75, 3.05) is 13.2 Å². The standard InChI is InChI=1S/C13H22N2O4/c1-13(6-3-7-19-13)8-14-12(18)15-10-5-2-4-9(10)11(16)17/h9-10H,2-8H2,1H3,(H,16,17)(H2,14,15,18). The van der Waals surface area contributed by atoms with Crippen LogP contribution < -0.4 is 10.6 Å². The Hall–Kier alpha value is -1.30. The van der Waals surface area contributed by atoms with Gasteiger partial charge in [0.15, 0.2) is 0 Å². The van der Waals surface area contributed by atoms with Crippen LogP contribution in [0.3, 0.4) is 0 Å². The van der Waals surface area contributed by atoms with Gasteiger partial charge in [-0.3, -0.25) is 4.79 Å². The van der Waals surface area contributed by atoms with Crippen molar-refractivity contribution in [1.29, 1.82) is 0 Å². The number of ether oxygens (including phenoxy) is 1. The lowest BCUT2D eigenvalue weighted by molar-refractivity contribution is -0.142. The molecular formula is C13H22N2O4. The molecule has 0 spiro atoms. The zero-order valence-corrected chi connectivity index (χ0v) is 11.3. The molecule has 0 aromatic heterocycles. The average molecular weight is 270 g/mol. The molecule has 1 saturated carbocycles. The number of carbonyl (C=O) groups excluding carboxylic acids is 1. The largest absolute Gasteiger partial charge is 0.481 e. The lowest BCUT2D eigenvalue weighted by Crippen LogP contribution is -2.49. The van der Waals surface area contributed by atoms with Crippen molar-refractivity contribution < 1.29 is 19.4 Å². The maximum absolute atomic E-state index is 11.8. The summed E-state index contributed by atoms with van der Waals surface area (Å²) in [5.74, 6) is -1.28. The molecular weight excluding hydrogens is 248 g/mol. The normalized spacial score (nSPS) is 34.2. The van der Waals surface area contributed by atoms with Crippen molar-refractivity contribution in [3.63, 3.8) is 0 Å². The number of carboxylic acids is 1. The third-order valence-corrected chi connectivity index (χ3v) is 4.07. The molecule has 0 aromatic carbocycles. The van der Waals surface area contributed by atoms with Gasteiger partial charge in [0.2, 0.25) is 0 Å². The first-order chi connectivity index (χ1) is 9.00. The molecule has 6 heteroatoms. The predicted octanol–water partition coefficient (Wildman–Crippen LogP) is 1.11. The van der Waals surface area contributed by atoms with Crippen LogP contribution >= 0.6 is 0 Å². The van der Waals surface area contributed by atoms with E-state index in [9.17, 15) is 9.59 Å². The molecule has 6 nitrogen and oxygen atoms in total. The van der Waals surface area contributed by atoms with Crippen LogP contribution in [0.15, 0.2) is 0 Å². The first-order valence-corrected chi connectivity index (χ1v) is 6.91. The molecule has 3 N–H and O–H groups in total. The fraction of sp³-hybridized carbons (Fsp3) is 0.846. The Labute approximate surface area is 112 Å². The number of nitrogens with one attached hydrogen (secondary N) is 2. The number of carbonyl (C=O) groups is 2. The van der Waals surface area contributed by atoms with E-state index in [0.717, 1.165) is 32.3 Å². The Bertz CT molecular complexity index is 353. The van der Waals surface area contributed by atoms with E-state index in [2.05, 4.69) is 10.6 Å². The summed E-state index contributed by atoms with van der Waals surface area (Å²) in [6, 6.07) is -0.551. The molecule has 0 radical (unpaired) electrons. The highest BCUT2D eigenvalue weighted by Gasteiger charge is 2.35. The van der Waals surface area contributed by atoms with Crippen LogP contribution in [-0.2, 0) is 9.53 Å². The van der Waals surface area contributed by atoms with Crippen LogP contribution in [0.1, 0.15) is 39.0 Å². The highest BCUT2D eigenvalue weighted by molar-refractivity contribution is 5.77. The van der Waals surface area contributed by atoms with Crippen molar-refractivity contribution in [2.24, 2.45) is 5.92 Å². The van der Waals surface area contributed by atoms with Crippen LogP contribution in [0, 0.1) is 5.92 Å². The number of rotatable bonds is 4. The van der Waals surface area contributed by atoms with Gasteiger partial charge in [0.05, 0.1) is 11.5 Å². The molecule has 3 unspecified atom stereocenters. The van der Waals surface area contributed by atoms with Gasteiger partial charge >= 0.3 is 12.0 Å². The fourth-order valence-corrected chi connectivity index (χ4v) is 2.89. The van der Waals surface area contributed by atoms with E-state index in [-0.39, 0.29) is 17.7 Å². The first kappa shape index (κ1) is 14.1. The molecule has 2 fully saturated rings. The Morgan fingerprint density at radius 1 is 1.37 bits per heavy atom. The van der Waals surface area contributed by atoms with Gasteiger partial charge < -0.3 is 20.5 Å². The third-order valence-electron chi connectivity index (χ3n) is 4.07. The third kappa shape index (κ3) is 3.59. The van der Waals surface area contributed by atoms with Gasteiger partial charge in [-0.2, -0.15) is 0 Å². The molecule has 0 aromatic rings. The number of hydrogen-bond donors (Lipinski definition) is 3. The molecule has 2 amide bonds. The summed E-state index contributed by atoms with van der Waals surface area (Å²) in [5, 5.41) is 14.6. The van der Waals surface area contributed by atoms with Crippen LogP contribution in [0.5, 0.6) is 0 Å². The summed E-state index contributed by atoms with van der Waals surface area (Å²) in [4.78, 5) is 22.8. The van der Waals surface area contributed by atoms with E-state index in [1.807, 2.05) is 6.92 Å². The second kappa shape index (κ2) is 5.77. The Balaban J connectivity index is 1.76. The number of amides is 2. The van der Waals surface area contributed by atoms with Crippen molar-refractivity contribution in [1.82, 2.24) is 10.6 Å². The van der Waals surface area contributed by atoms with Crippen molar-refractivity contribution in [2.45, 2.75) is 50.7 Å². The number of carboxylic acid groups (broad SMARTS) is 1. The molecule has 1 heterocycles. The van der Waals surface area contributed by atoms with Crippen molar-refractivity contribution in [3.05, 3.63) is 0 Å². The molecule has 1 saturated heterocycles. The van der Waals surface area contributed by atoms with Gasteiger partial charge in [-0.15, -0.1) is 0 Å². The predicted molar refractivity (Wildman–Crippen MR) is 68.9 cm³/mol. The van der Waals surface area contributed by atoms with E-state index >= 15 is 0 Å². The van der Waals surface area contributed by atoms with Gasteiger partial charge in [0, 0.05) is 19.2 Å². The molecule has 19 heavy (non-hydrogen) atoms. The van der Waals surface area contributed by atoms with Gasteiger partial charge in [-0.1, -0.05) is 6.42 Å². The second-order valence-corrected chi connectivity index (χ2v) is 5.71. The average Bonchev–Trinajstić information content (AvgIpc) is 2.96. The van der Waals surface area contributed by atoms with Crippen molar-refractivity contribution in [3.8, 4) is 0 Å². The molecule has 2 aliphatic rings. The lowest BCUT2D eigenvalue weighted by atomic mass is 10.0. The monoisotopic (exact) mass is 270 g/mol. The zero-order valence-electron chi connectivity index (χ0n) is 11.3. The van der Waals surface area contributed by atoms with E-state index < -0.39 is 11.9 Å². The quantitative estimate of drug-likeness (QED) is 0.714. The smallest absolute Gasteiger partial charge is 0.315 e. The Morgan fingerprint density at radius 3 is 2.79 bits per heavy atom. The second-order valence-electron chi connectivity index (χ2n) is 5.71. The van der Waals surface area contributed by atoms with Gasteiger partial charge in [0.25, 0.3) is 0 Å².